The Morgan fingerprint density at radius 2 is 2.07 bits per heavy atom. The quantitative estimate of drug-likeness (QED) is 0.667. The molecule has 1 heterocycles. The highest BCUT2D eigenvalue weighted by molar-refractivity contribution is 5.30. The van der Waals surface area contributed by atoms with Gasteiger partial charge >= 0.3 is 0 Å². The lowest BCUT2D eigenvalue weighted by molar-refractivity contribution is 0.309. The molecule has 1 aliphatic rings. The van der Waals surface area contributed by atoms with Crippen molar-refractivity contribution in [1.82, 2.24) is 0 Å². The van der Waals surface area contributed by atoms with Crippen molar-refractivity contribution < 1.29 is 4.74 Å². The standard InChI is InChI=1S/C13H18O/c1-10-4-5-12(11(2)8-10)6-7-13(3)9-14-13/h4-5,8H,6-7,9H2,1-3H3. The second-order valence-electron chi connectivity index (χ2n) is 4.67. The van der Waals surface area contributed by atoms with Crippen molar-refractivity contribution in [1.29, 1.82) is 0 Å². The molecule has 1 aromatic carbocycles. The smallest absolute Gasteiger partial charge is 0.0891 e. The molecule has 1 atom stereocenters. The van der Waals surface area contributed by atoms with Crippen molar-refractivity contribution >= 4 is 0 Å². The number of benzene rings is 1. The summed E-state index contributed by atoms with van der Waals surface area (Å²) in [6, 6.07) is 6.69. The van der Waals surface area contributed by atoms with Gasteiger partial charge in [0.25, 0.3) is 0 Å². The lowest BCUT2D eigenvalue weighted by Crippen LogP contribution is -2.06. The van der Waals surface area contributed by atoms with Crippen LogP contribution in [0.3, 0.4) is 0 Å². The SMILES string of the molecule is Cc1ccc(CCC2(C)CO2)c(C)c1. The third-order valence-corrected chi connectivity index (χ3v) is 3.06. The van der Waals surface area contributed by atoms with E-state index in [9.17, 15) is 0 Å². The van der Waals surface area contributed by atoms with Crippen LogP contribution in [0.15, 0.2) is 18.2 Å². The monoisotopic (exact) mass is 190 g/mol. The van der Waals surface area contributed by atoms with Gasteiger partial charge in [0.15, 0.2) is 0 Å². The lowest BCUT2D eigenvalue weighted by Gasteiger charge is -2.08. The number of aryl methyl sites for hydroxylation is 3. The van der Waals surface area contributed by atoms with Gasteiger partial charge in [0.05, 0.1) is 12.2 Å². The van der Waals surface area contributed by atoms with Crippen LogP contribution in [0.1, 0.15) is 30.0 Å². The highest BCUT2D eigenvalue weighted by atomic mass is 16.6. The summed E-state index contributed by atoms with van der Waals surface area (Å²) in [6.07, 6.45) is 2.29. The topological polar surface area (TPSA) is 12.5 Å². The number of ether oxygens (including phenoxy) is 1. The van der Waals surface area contributed by atoms with Gasteiger partial charge in [-0.15, -0.1) is 0 Å². The first kappa shape index (κ1) is 9.72. The van der Waals surface area contributed by atoms with Crippen LogP contribution in [0.25, 0.3) is 0 Å². The molecule has 0 aliphatic carbocycles. The molecule has 14 heavy (non-hydrogen) atoms. The van der Waals surface area contributed by atoms with Crippen LogP contribution in [-0.4, -0.2) is 12.2 Å². The summed E-state index contributed by atoms with van der Waals surface area (Å²) >= 11 is 0. The van der Waals surface area contributed by atoms with E-state index >= 15 is 0 Å². The van der Waals surface area contributed by atoms with Crippen molar-refractivity contribution in [3.05, 3.63) is 34.9 Å². The second kappa shape index (κ2) is 3.39. The van der Waals surface area contributed by atoms with Gasteiger partial charge in [0.1, 0.15) is 0 Å². The maximum Gasteiger partial charge on any atom is 0.0891 e. The first-order chi connectivity index (χ1) is 6.59. The van der Waals surface area contributed by atoms with Crippen molar-refractivity contribution in [3.63, 3.8) is 0 Å². The van der Waals surface area contributed by atoms with Crippen LogP contribution in [0, 0.1) is 13.8 Å². The zero-order valence-electron chi connectivity index (χ0n) is 9.26. The predicted molar refractivity (Wildman–Crippen MR) is 58.6 cm³/mol. The highest BCUT2D eigenvalue weighted by Crippen LogP contribution is 2.31. The summed E-state index contributed by atoms with van der Waals surface area (Å²) in [5, 5.41) is 0. The van der Waals surface area contributed by atoms with Gasteiger partial charge in [-0.25, -0.2) is 0 Å². The molecule has 1 unspecified atom stereocenters. The third kappa shape index (κ3) is 2.16. The largest absolute Gasteiger partial charge is 0.370 e. The fraction of sp³-hybridized carbons (Fsp3) is 0.538. The summed E-state index contributed by atoms with van der Waals surface area (Å²) < 4.78 is 5.38. The van der Waals surface area contributed by atoms with Gasteiger partial charge in [0, 0.05) is 0 Å². The number of hydrogen-bond acceptors (Lipinski definition) is 1. The highest BCUT2D eigenvalue weighted by Gasteiger charge is 2.38. The Hall–Kier alpha value is -0.820. The van der Waals surface area contributed by atoms with Gasteiger partial charge in [0.2, 0.25) is 0 Å². The maximum absolute atomic E-state index is 5.38. The van der Waals surface area contributed by atoms with E-state index in [0.717, 1.165) is 19.4 Å². The van der Waals surface area contributed by atoms with Gasteiger partial charge in [-0.1, -0.05) is 23.8 Å². The van der Waals surface area contributed by atoms with Gasteiger partial charge < -0.3 is 4.74 Å². The molecule has 0 spiro atoms. The molecule has 1 aliphatic heterocycles. The van der Waals surface area contributed by atoms with E-state index < -0.39 is 0 Å². The van der Waals surface area contributed by atoms with Gasteiger partial charge in [-0.3, -0.25) is 0 Å². The zero-order valence-corrected chi connectivity index (χ0v) is 9.26. The average molecular weight is 190 g/mol. The molecule has 0 saturated carbocycles. The van der Waals surface area contributed by atoms with Crippen LogP contribution >= 0.6 is 0 Å². The Labute approximate surface area is 86.1 Å². The molecule has 1 fully saturated rings. The Bertz CT molecular complexity index is 337. The molecule has 2 rings (SSSR count). The van der Waals surface area contributed by atoms with Gasteiger partial charge in [-0.2, -0.15) is 0 Å². The van der Waals surface area contributed by atoms with E-state index in [0.29, 0.717) is 0 Å². The summed E-state index contributed by atoms with van der Waals surface area (Å²) in [7, 11) is 0. The molecule has 76 valence electrons. The van der Waals surface area contributed by atoms with Crippen molar-refractivity contribution in [2.45, 2.75) is 39.2 Å². The summed E-state index contributed by atoms with van der Waals surface area (Å²) in [5.74, 6) is 0. The van der Waals surface area contributed by atoms with E-state index in [2.05, 4.69) is 39.0 Å². The number of epoxide rings is 1. The van der Waals surface area contributed by atoms with E-state index in [4.69, 9.17) is 4.74 Å². The number of rotatable bonds is 3. The first-order valence-corrected chi connectivity index (χ1v) is 5.29. The minimum absolute atomic E-state index is 0.192. The molecule has 0 radical (unpaired) electrons. The van der Waals surface area contributed by atoms with Crippen LogP contribution in [0.5, 0.6) is 0 Å². The average Bonchev–Trinajstić information content (AvgIpc) is 2.83. The predicted octanol–water partition coefficient (Wildman–Crippen LogP) is 3.02. The first-order valence-electron chi connectivity index (χ1n) is 5.29. The zero-order chi connectivity index (χ0) is 10.2. The summed E-state index contributed by atoms with van der Waals surface area (Å²) in [4.78, 5) is 0. The Morgan fingerprint density at radius 3 is 2.64 bits per heavy atom. The second-order valence-corrected chi connectivity index (χ2v) is 4.67. The normalized spacial score (nSPS) is 25.1. The third-order valence-electron chi connectivity index (χ3n) is 3.06. The molecule has 0 N–H and O–H groups in total. The lowest BCUT2D eigenvalue weighted by atomic mass is 9.97. The fourth-order valence-corrected chi connectivity index (χ4v) is 1.79. The van der Waals surface area contributed by atoms with Gasteiger partial charge in [-0.05, 0) is 44.7 Å². The van der Waals surface area contributed by atoms with Crippen molar-refractivity contribution in [2.24, 2.45) is 0 Å². The minimum Gasteiger partial charge on any atom is -0.370 e. The molecular weight excluding hydrogens is 172 g/mol. The molecule has 0 amide bonds. The van der Waals surface area contributed by atoms with E-state index in [1.165, 1.54) is 16.7 Å². The Morgan fingerprint density at radius 1 is 1.36 bits per heavy atom. The number of hydrogen-bond donors (Lipinski definition) is 0. The minimum atomic E-state index is 0.192. The molecule has 0 bridgehead atoms. The van der Waals surface area contributed by atoms with Crippen LogP contribution in [-0.2, 0) is 11.2 Å². The molecule has 1 aromatic rings. The van der Waals surface area contributed by atoms with Crippen LogP contribution < -0.4 is 0 Å². The molecule has 1 saturated heterocycles. The van der Waals surface area contributed by atoms with E-state index in [1.54, 1.807) is 0 Å². The fourth-order valence-electron chi connectivity index (χ4n) is 1.79. The summed E-state index contributed by atoms with van der Waals surface area (Å²) in [5.41, 5.74) is 4.42. The van der Waals surface area contributed by atoms with Crippen LogP contribution in [0.2, 0.25) is 0 Å². The molecule has 0 aromatic heterocycles. The molecular formula is C13H18O. The Kier molecular flexibility index (Phi) is 2.36. The summed E-state index contributed by atoms with van der Waals surface area (Å²) in [6.45, 7) is 7.47. The molecule has 1 heteroatoms. The van der Waals surface area contributed by atoms with Crippen LogP contribution in [0.4, 0.5) is 0 Å². The Balaban J connectivity index is 2.02. The van der Waals surface area contributed by atoms with E-state index in [-0.39, 0.29) is 5.60 Å². The molecule has 1 nitrogen and oxygen atoms in total. The van der Waals surface area contributed by atoms with Crippen molar-refractivity contribution in [3.8, 4) is 0 Å². The van der Waals surface area contributed by atoms with E-state index in [1.807, 2.05) is 0 Å². The maximum atomic E-state index is 5.38. The van der Waals surface area contributed by atoms with Crippen molar-refractivity contribution in [2.75, 3.05) is 6.61 Å².